The molecule has 0 saturated carbocycles. The molecule has 1 unspecified atom stereocenters. The van der Waals surface area contributed by atoms with Gasteiger partial charge in [-0.15, -0.1) is 0 Å². The number of amides is 1. The van der Waals surface area contributed by atoms with E-state index in [1.54, 1.807) is 19.1 Å². The molecule has 12 heteroatoms. The van der Waals surface area contributed by atoms with E-state index in [4.69, 9.17) is 41.5 Å². The van der Waals surface area contributed by atoms with Crippen LogP contribution in [0.15, 0.2) is 36.4 Å². The molecule has 2 aromatic rings. The average Bonchev–Trinajstić information content (AvgIpc) is 2.92. The number of halogens is 2. The molecule has 1 fully saturated rings. The molecule has 1 heterocycles. The van der Waals surface area contributed by atoms with Crippen LogP contribution in [-0.2, 0) is 22.9 Å². The maximum absolute atomic E-state index is 12.5. The summed E-state index contributed by atoms with van der Waals surface area (Å²) < 4.78 is 33.7. The Morgan fingerprint density at radius 2 is 1.77 bits per heavy atom. The van der Waals surface area contributed by atoms with E-state index in [-0.39, 0.29) is 5.91 Å². The van der Waals surface area contributed by atoms with E-state index in [1.165, 1.54) is 26.0 Å². The highest BCUT2D eigenvalue weighted by Crippen LogP contribution is 2.49. The van der Waals surface area contributed by atoms with E-state index in [9.17, 15) is 9.36 Å². The number of rotatable bonds is 13. The lowest BCUT2D eigenvalue weighted by Gasteiger charge is -2.36. The first kappa shape index (κ1) is 31.7. The van der Waals surface area contributed by atoms with Crippen molar-refractivity contribution in [1.82, 2.24) is 4.90 Å². The first-order valence-corrected chi connectivity index (χ1v) is 15.1. The number of anilines is 2. The molecule has 2 aromatic carbocycles. The molecule has 0 radical (unpaired) electrons. The standard InChI is InChI=1S/C27H38Cl2N3O6P/c1-20-11-12-23(19-26(20)32(21(2)33)22(3)38-39(34,35-4)36-5)37-18-7-6-13-30-14-16-31(17-15-30)25-10-8-9-24(28)27(25)29/h8-12,19,22H,6-7,13-18H2,1-5H3. The van der Waals surface area contributed by atoms with Crippen molar-refractivity contribution in [3.05, 3.63) is 52.0 Å². The number of aryl methyl sites for hydroxylation is 1. The molecule has 1 saturated heterocycles. The van der Waals surface area contributed by atoms with Crippen molar-refractivity contribution >= 4 is 48.3 Å². The van der Waals surface area contributed by atoms with Crippen molar-refractivity contribution in [2.75, 3.05) is 63.4 Å². The van der Waals surface area contributed by atoms with Crippen LogP contribution in [0.25, 0.3) is 0 Å². The zero-order valence-corrected chi connectivity index (χ0v) is 25.6. The number of carbonyl (C=O) groups is 1. The van der Waals surface area contributed by atoms with Crippen LogP contribution in [0.3, 0.4) is 0 Å². The number of phosphoric ester groups is 1. The Hall–Kier alpha value is -1.84. The predicted molar refractivity (Wildman–Crippen MR) is 156 cm³/mol. The third kappa shape index (κ3) is 8.57. The van der Waals surface area contributed by atoms with Gasteiger partial charge in [0.05, 0.1) is 28.0 Å². The van der Waals surface area contributed by atoms with Crippen molar-refractivity contribution in [1.29, 1.82) is 0 Å². The molecule has 0 aromatic heterocycles. The molecule has 9 nitrogen and oxygen atoms in total. The maximum atomic E-state index is 12.5. The van der Waals surface area contributed by atoms with Crippen LogP contribution in [0, 0.1) is 6.92 Å². The van der Waals surface area contributed by atoms with Crippen LogP contribution in [0.1, 0.15) is 32.3 Å². The predicted octanol–water partition coefficient (Wildman–Crippen LogP) is 6.40. The summed E-state index contributed by atoms with van der Waals surface area (Å²) in [6, 6.07) is 11.3. The number of hydrogen-bond donors (Lipinski definition) is 0. The quantitative estimate of drug-likeness (QED) is 0.148. The second kappa shape index (κ2) is 14.7. The highest BCUT2D eigenvalue weighted by Gasteiger charge is 2.31. The molecule has 1 atom stereocenters. The summed E-state index contributed by atoms with van der Waals surface area (Å²) in [5.74, 6) is 0.363. The van der Waals surface area contributed by atoms with Gasteiger partial charge in [-0.05, 0) is 57.0 Å². The van der Waals surface area contributed by atoms with Crippen molar-refractivity contribution < 1.29 is 27.7 Å². The Bertz CT molecular complexity index is 1150. The van der Waals surface area contributed by atoms with Gasteiger partial charge in [0.25, 0.3) is 0 Å². The lowest BCUT2D eigenvalue weighted by atomic mass is 10.1. The van der Waals surface area contributed by atoms with Gasteiger partial charge in [0.15, 0.2) is 0 Å². The summed E-state index contributed by atoms with van der Waals surface area (Å²) in [5, 5.41) is 1.19. The minimum atomic E-state index is -3.78. The maximum Gasteiger partial charge on any atom is 0.476 e. The summed E-state index contributed by atoms with van der Waals surface area (Å²) in [7, 11) is -1.33. The Kier molecular flexibility index (Phi) is 11.9. The van der Waals surface area contributed by atoms with Crippen LogP contribution in [0.5, 0.6) is 5.75 Å². The normalized spacial score (nSPS) is 15.3. The molecule has 1 aliphatic rings. The van der Waals surface area contributed by atoms with Gasteiger partial charge in [0.2, 0.25) is 5.91 Å². The molecule has 3 rings (SSSR count). The molecule has 0 spiro atoms. The highest BCUT2D eigenvalue weighted by atomic mass is 35.5. The summed E-state index contributed by atoms with van der Waals surface area (Å²) >= 11 is 12.6. The van der Waals surface area contributed by atoms with Gasteiger partial charge < -0.3 is 9.64 Å². The number of hydrogen-bond acceptors (Lipinski definition) is 8. The van der Waals surface area contributed by atoms with Crippen molar-refractivity contribution in [2.45, 2.75) is 39.8 Å². The fourth-order valence-electron chi connectivity index (χ4n) is 4.53. The average molecular weight is 602 g/mol. The van der Waals surface area contributed by atoms with Crippen molar-refractivity contribution in [2.24, 2.45) is 0 Å². The summed E-state index contributed by atoms with van der Waals surface area (Å²) in [4.78, 5) is 18.6. The van der Waals surface area contributed by atoms with Crippen molar-refractivity contribution in [3.63, 3.8) is 0 Å². The minimum Gasteiger partial charge on any atom is -0.494 e. The number of piperazine rings is 1. The topological polar surface area (TPSA) is 80.8 Å². The van der Waals surface area contributed by atoms with Gasteiger partial charge in [-0.25, -0.2) is 4.57 Å². The van der Waals surface area contributed by atoms with Gasteiger partial charge in [-0.3, -0.25) is 28.2 Å². The zero-order valence-electron chi connectivity index (χ0n) is 23.2. The van der Waals surface area contributed by atoms with Crippen LogP contribution in [0.4, 0.5) is 11.4 Å². The van der Waals surface area contributed by atoms with Crippen LogP contribution >= 0.6 is 31.0 Å². The molecule has 0 bridgehead atoms. The molecule has 0 N–H and O–H groups in total. The largest absolute Gasteiger partial charge is 0.494 e. The van der Waals surface area contributed by atoms with Gasteiger partial charge >= 0.3 is 7.82 Å². The molecule has 216 valence electrons. The molecule has 1 amide bonds. The SMILES string of the molecule is COP(=O)(OC)OC(C)N(C(C)=O)c1cc(OCCCCN2CCN(c3cccc(Cl)c3Cl)CC2)ccc1C. The molecular weight excluding hydrogens is 564 g/mol. The fraction of sp³-hybridized carbons (Fsp3) is 0.519. The van der Waals surface area contributed by atoms with Crippen LogP contribution in [0.2, 0.25) is 10.0 Å². The van der Waals surface area contributed by atoms with Gasteiger partial charge in [-0.2, -0.15) is 0 Å². The second-order valence-electron chi connectivity index (χ2n) is 9.31. The fourth-order valence-corrected chi connectivity index (χ4v) is 5.74. The number of carbonyl (C=O) groups excluding carboxylic acids is 1. The molecule has 0 aliphatic carbocycles. The van der Waals surface area contributed by atoms with E-state index >= 15 is 0 Å². The lowest BCUT2D eigenvalue weighted by Crippen LogP contribution is -2.46. The number of phosphoric acid groups is 1. The van der Waals surface area contributed by atoms with E-state index in [2.05, 4.69) is 9.80 Å². The summed E-state index contributed by atoms with van der Waals surface area (Å²) in [5.41, 5.74) is 2.44. The summed E-state index contributed by atoms with van der Waals surface area (Å²) in [6.45, 7) is 10.2. The number of ether oxygens (including phenoxy) is 1. The summed E-state index contributed by atoms with van der Waals surface area (Å²) in [6.07, 6.45) is 1.01. The Labute approximate surface area is 241 Å². The Morgan fingerprint density at radius 3 is 2.41 bits per heavy atom. The van der Waals surface area contributed by atoms with Crippen LogP contribution < -0.4 is 14.5 Å². The van der Waals surface area contributed by atoms with E-state index in [0.717, 1.165) is 56.8 Å². The van der Waals surface area contributed by atoms with Crippen molar-refractivity contribution in [3.8, 4) is 5.75 Å². The number of benzene rings is 2. The first-order chi connectivity index (χ1) is 18.6. The smallest absolute Gasteiger partial charge is 0.476 e. The van der Waals surface area contributed by atoms with Gasteiger partial charge in [-0.1, -0.05) is 35.3 Å². The third-order valence-corrected chi connectivity index (χ3v) is 8.92. The van der Waals surface area contributed by atoms with Crippen LogP contribution in [-0.4, -0.2) is 70.6 Å². The number of nitrogens with zero attached hydrogens (tertiary/aromatic N) is 3. The van der Waals surface area contributed by atoms with Gasteiger partial charge in [0, 0.05) is 53.4 Å². The number of unbranched alkanes of at least 4 members (excludes halogenated alkanes) is 1. The van der Waals surface area contributed by atoms with E-state index in [1.807, 2.05) is 31.2 Å². The van der Waals surface area contributed by atoms with E-state index in [0.29, 0.717) is 28.1 Å². The minimum absolute atomic E-state index is 0.278. The Balaban J connectivity index is 1.48. The third-order valence-electron chi connectivity index (χ3n) is 6.65. The second-order valence-corrected chi connectivity index (χ2v) is 11.9. The molecular formula is C27H38Cl2N3O6P. The molecule has 39 heavy (non-hydrogen) atoms. The monoisotopic (exact) mass is 601 g/mol. The Morgan fingerprint density at radius 1 is 1.08 bits per heavy atom. The first-order valence-electron chi connectivity index (χ1n) is 12.9. The zero-order chi connectivity index (χ0) is 28.6. The van der Waals surface area contributed by atoms with Gasteiger partial charge in [0.1, 0.15) is 12.0 Å². The highest BCUT2D eigenvalue weighted by molar-refractivity contribution is 7.48. The molecule has 1 aliphatic heterocycles. The van der Waals surface area contributed by atoms with E-state index < -0.39 is 14.1 Å². The lowest BCUT2D eigenvalue weighted by molar-refractivity contribution is -0.118.